The van der Waals surface area contributed by atoms with Gasteiger partial charge in [0.25, 0.3) is 5.91 Å². The summed E-state index contributed by atoms with van der Waals surface area (Å²) < 4.78 is 6.46. The van der Waals surface area contributed by atoms with E-state index in [4.69, 9.17) is 0 Å². The lowest BCUT2D eigenvalue weighted by atomic mass is 10.1. The summed E-state index contributed by atoms with van der Waals surface area (Å²) in [5.74, 6) is -0.751. The van der Waals surface area contributed by atoms with E-state index in [2.05, 4.69) is 9.84 Å². The minimum Gasteiger partial charge on any atom is -0.469 e. The van der Waals surface area contributed by atoms with Crippen LogP contribution in [-0.4, -0.2) is 47.3 Å². The average molecular weight is 309 g/mol. The second-order valence-corrected chi connectivity index (χ2v) is 6.18. The SMILES string of the molecule is COC(=O)C(C)CN(C)C(=O)c1cc2c(C)nn(C)c2s1. The van der Waals surface area contributed by atoms with Crippen molar-refractivity contribution in [3.05, 3.63) is 16.6 Å². The first-order valence-corrected chi connectivity index (χ1v) is 7.43. The minimum atomic E-state index is -0.346. The highest BCUT2D eigenvalue weighted by Crippen LogP contribution is 2.28. The maximum atomic E-state index is 12.4. The van der Waals surface area contributed by atoms with E-state index in [1.54, 1.807) is 23.6 Å². The Morgan fingerprint density at radius 3 is 2.76 bits per heavy atom. The van der Waals surface area contributed by atoms with E-state index >= 15 is 0 Å². The summed E-state index contributed by atoms with van der Waals surface area (Å²) in [4.78, 5) is 27.0. The van der Waals surface area contributed by atoms with Crippen LogP contribution in [0.1, 0.15) is 22.3 Å². The van der Waals surface area contributed by atoms with Crippen LogP contribution < -0.4 is 0 Å². The van der Waals surface area contributed by atoms with Gasteiger partial charge in [0.05, 0.1) is 23.6 Å². The zero-order chi connectivity index (χ0) is 15.7. The van der Waals surface area contributed by atoms with Gasteiger partial charge in [-0.05, 0) is 13.0 Å². The lowest BCUT2D eigenvalue weighted by Gasteiger charge is -2.19. The van der Waals surface area contributed by atoms with Gasteiger partial charge in [-0.15, -0.1) is 11.3 Å². The van der Waals surface area contributed by atoms with Crippen LogP contribution in [0.4, 0.5) is 0 Å². The largest absolute Gasteiger partial charge is 0.469 e. The number of amides is 1. The molecule has 0 spiro atoms. The highest BCUT2D eigenvalue weighted by Gasteiger charge is 2.22. The van der Waals surface area contributed by atoms with Gasteiger partial charge >= 0.3 is 5.97 Å². The zero-order valence-electron chi connectivity index (χ0n) is 12.8. The third-order valence-electron chi connectivity index (χ3n) is 3.40. The molecule has 2 aromatic rings. The Balaban J connectivity index is 2.17. The number of esters is 1. The van der Waals surface area contributed by atoms with Crippen molar-refractivity contribution in [2.75, 3.05) is 20.7 Å². The van der Waals surface area contributed by atoms with E-state index in [1.165, 1.54) is 18.4 Å². The Labute approximate surface area is 127 Å². The molecule has 0 saturated carbocycles. The van der Waals surface area contributed by atoms with Crippen LogP contribution in [0.3, 0.4) is 0 Å². The van der Waals surface area contributed by atoms with Gasteiger partial charge in [-0.1, -0.05) is 6.92 Å². The molecule has 0 aliphatic heterocycles. The molecule has 2 heterocycles. The lowest BCUT2D eigenvalue weighted by Crippen LogP contribution is -2.33. The van der Waals surface area contributed by atoms with E-state index in [0.29, 0.717) is 11.4 Å². The number of aryl methyl sites for hydroxylation is 2. The molecule has 0 bridgehead atoms. The van der Waals surface area contributed by atoms with E-state index in [0.717, 1.165) is 15.9 Å². The number of carbonyl (C=O) groups is 2. The summed E-state index contributed by atoms with van der Waals surface area (Å²) >= 11 is 1.42. The van der Waals surface area contributed by atoms with Gasteiger partial charge in [-0.3, -0.25) is 14.3 Å². The number of methoxy groups -OCH3 is 1. The average Bonchev–Trinajstić information content (AvgIpc) is 2.99. The maximum Gasteiger partial charge on any atom is 0.310 e. The summed E-state index contributed by atoms with van der Waals surface area (Å²) in [6.45, 7) is 4.00. The number of thiophene rings is 1. The topological polar surface area (TPSA) is 64.4 Å². The molecular formula is C14H19N3O3S. The Morgan fingerprint density at radius 1 is 1.52 bits per heavy atom. The molecular weight excluding hydrogens is 290 g/mol. The van der Waals surface area contributed by atoms with E-state index < -0.39 is 0 Å². The predicted molar refractivity (Wildman–Crippen MR) is 81.5 cm³/mol. The molecule has 0 N–H and O–H groups in total. The Morgan fingerprint density at radius 2 is 2.19 bits per heavy atom. The van der Waals surface area contributed by atoms with Gasteiger partial charge in [0.1, 0.15) is 4.83 Å². The molecule has 0 aromatic carbocycles. The molecule has 7 heteroatoms. The molecule has 0 aliphatic carbocycles. The van der Waals surface area contributed by atoms with Gasteiger partial charge in [-0.25, -0.2) is 0 Å². The van der Waals surface area contributed by atoms with Crippen LogP contribution in [-0.2, 0) is 16.6 Å². The number of hydrogen-bond donors (Lipinski definition) is 0. The molecule has 21 heavy (non-hydrogen) atoms. The van der Waals surface area contributed by atoms with E-state index in [1.807, 2.05) is 20.0 Å². The fraction of sp³-hybridized carbons (Fsp3) is 0.500. The molecule has 0 fully saturated rings. The molecule has 0 saturated heterocycles. The van der Waals surface area contributed by atoms with Crippen LogP contribution in [0.5, 0.6) is 0 Å². The number of rotatable bonds is 4. The summed E-state index contributed by atoms with van der Waals surface area (Å²) in [5, 5.41) is 5.32. The predicted octanol–water partition coefficient (Wildman–Crippen LogP) is 1.82. The fourth-order valence-corrected chi connectivity index (χ4v) is 3.39. The minimum absolute atomic E-state index is 0.0913. The Hall–Kier alpha value is -1.89. The molecule has 114 valence electrons. The van der Waals surface area contributed by atoms with Crippen molar-refractivity contribution in [3.63, 3.8) is 0 Å². The third kappa shape index (κ3) is 2.92. The van der Waals surface area contributed by atoms with Gasteiger partial charge in [0, 0.05) is 26.0 Å². The molecule has 0 radical (unpaired) electrons. The van der Waals surface area contributed by atoms with Crippen LogP contribution in [0, 0.1) is 12.8 Å². The van der Waals surface area contributed by atoms with Crippen molar-refractivity contribution in [3.8, 4) is 0 Å². The first-order chi connectivity index (χ1) is 9.85. The molecule has 1 amide bonds. The number of fused-ring (bicyclic) bond motifs is 1. The second kappa shape index (κ2) is 5.85. The van der Waals surface area contributed by atoms with Crippen LogP contribution in [0.25, 0.3) is 10.2 Å². The highest BCUT2D eigenvalue weighted by molar-refractivity contribution is 7.20. The van der Waals surface area contributed by atoms with Crippen molar-refractivity contribution in [2.24, 2.45) is 13.0 Å². The van der Waals surface area contributed by atoms with Gasteiger partial charge in [0.15, 0.2) is 0 Å². The molecule has 2 rings (SSSR count). The van der Waals surface area contributed by atoms with Crippen molar-refractivity contribution in [1.29, 1.82) is 0 Å². The van der Waals surface area contributed by atoms with Crippen molar-refractivity contribution in [1.82, 2.24) is 14.7 Å². The summed E-state index contributed by atoms with van der Waals surface area (Å²) in [6, 6.07) is 1.87. The van der Waals surface area contributed by atoms with E-state index in [-0.39, 0.29) is 17.8 Å². The van der Waals surface area contributed by atoms with Gasteiger partial charge < -0.3 is 9.64 Å². The van der Waals surface area contributed by atoms with Crippen molar-refractivity contribution < 1.29 is 14.3 Å². The third-order valence-corrected chi connectivity index (χ3v) is 4.59. The quantitative estimate of drug-likeness (QED) is 0.808. The first kappa shape index (κ1) is 15.5. The normalized spacial score (nSPS) is 12.4. The number of aromatic nitrogens is 2. The molecule has 0 aliphatic rings. The summed E-state index contributed by atoms with van der Waals surface area (Å²) in [7, 11) is 4.91. The number of carbonyl (C=O) groups excluding carboxylic acids is 2. The van der Waals surface area contributed by atoms with Crippen LogP contribution in [0.2, 0.25) is 0 Å². The maximum absolute atomic E-state index is 12.4. The Kier molecular flexibility index (Phi) is 4.32. The fourth-order valence-electron chi connectivity index (χ4n) is 2.27. The number of ether oxygens (including phenoxy) is 1. The smallest absolute Gasteiger partial charge is 0.310 e. The summed E-state index contributed by atoms with van der Waals surface area (Å²) in [5.41, 5.74) is 0.911. The van der Waals surface area contributed by atoms with Crippen molar-refractivity contribution >= 4 is 33.4 Å². The highest BCUT2D eigenvalue weighted by atomic mass is 32.1. The van der Waals surface area contributed by atoms with Gasteiger partial charge in [0.2, 0.25) is 0 Å². The Bertz CT molecular complexity index is 654. The number of hydrogen-bond acceptors (Lipinski definition) is 5. The van der Waals surface area contributed by atoms with E-state index in [9.17, 15) is 9.59 Å². The van der Waals surface area contributed by atoms with Gasteiger partial charge in [-0.2, -0.15) is 5.10 Å². The molecule has 2 aromatic heterocycles. The van der Waals surface area contributed by atoms with Crippen LogP contribution in [0.15, 0.2) is 6.07 Å². The zero-order valence-corrected chi connectivity index (χ0v) is 13.7. The lowest BCUT2D eigenvalue weighted by molar-refractivity contribution is -0.145. The summed E-state index contributed by atoms with van der Waals surface area (Å²) in [6.07, 6.45) is 0. The van der Waals surface area contributed by atoms with Crippen molar-refractivity contribution in [2.45, 2.75) is 13.8 Å². The first-order valence-electron chi connectivity index (χ1n) is 6.61. The standard InChI is InChI=1S/C14H19N3O3S/c1-8(14(19)20-5)7-16(3)12(18)11-6-10-9(2)15-17(4)13(10)21-11/h6,8H,7H2,1-5H3. The monoisotopic (exact) mass is 309 g/mol. The van der Waals surface area contributed by atoms with Crippen LogP contribution >= 0.6 is 11.3 Å². The molecule has 1 unspecified atom stereocenters. The number of nitrogens with zero attached hydrogens (tertiary/aromatic N) is 3. The molecule has 6 nitrogen and oxygen atoms in total. The molecule has 1 atom stereocenters. The second-order valence-electron chi connectivity index (χ2n) is 5.15.